The average Bonchev–Trinajstić information content (AvgIpc) is 3.22. The molecule has 0 aromatic heterocycles. The van der Waals surface area contributed by atoms with Crippen LogP contribution >= 0.6 is 0 Å². The summed E-state index contributed by atoms with van der Waals surface area (Å²) in [6.45, 7) is 6.03. The minimum atomic E-state index is -0.859. The highest BCUT2D eigenvalue weighted by Crippen LogP contribution is 2.10. The van der Waals surface area contributed by atoms with Crippen molar-refractivity contribution < 1.29 is 28.6 Å². The molecule has 0 N–H and O–H groups in total. The normalized spacial score (nSPS) is 13.6. The highest BCUT2D eigenvalue weighted by molar-refractivity contribution is 5.71. The van der Waals surface area contributed by atoms with Gasteiger partial charge in [-0.05, 0) is 77.0 Å². The molecule has 0 aliphatic carbocycles. The van der Waals surface area contributed by atoms with Crippen molar-refractivity contribution in [3.05, 3.63) is 158 Å². The average molecular weight is 795 g/mol. The molecule has 0 spiro atoms. The van der Waals surface area contributed by atoms with Crippen LogP contribution in [0.5, 0.6) is 0 Å². The van der Waals surface area contributed by atoms with Crippen LogP contribution in [0.15, 0.2) is 158 Å². The Morgan fingerprint density at radius 2 is 0.724 bits per heavy atom. The third-order valence-electron chi connectivity index (χ3n) is 8.01. The first-order valence-corrected chi connectivity index (χ1v) is 21.6. The van der Waals surface area contributed by atoms with Gasteiger partial charge in [-0.3, -0.25) is 14.4 Å². The van der Waals surface area contributed by atoms with E-state index in [4.69, 9.17) is 14.2 Å². The molecule has 0 heterocycles. The van der Waals surface area contributed by atoms with E-state index in [9.17, 15) is 14.4 Å². The largest absolute Gasteiger partial charge is 0.462 e. The van der Waals surface area contributed by atoms with Crippen LogP contribution in [0, 0.1) is 0 Å². The van der Waals surface area contributed by atoms with E-state index in [0.29, 0.717) is 25.7 Å². The van der Waals surface area contributed by atoms with Gasteiger partial charge in [0.05, 0.1) is 0 Å². The molecule has 0 rings (SSSR count). The van der Waals surface area contributed by atoms with Crippen molar-refractivity contribution >= 4 is 17.9 Å². The number of carbonyl (C=O) groups excluding carboxylic acids is 3. The summed E-state index contributed by atoms with van der Waals surface area (Å²) in [6.07, 6.45) is 65.3. The Morgan fingerprint density at radius 1 is 0.362 bits per heavy atom. The van der Waals surface area contributed by atoms with E-state index in [1.54, 1.807) is 0 Å². The van der Waals surface area contributed by atoms with Gasteiger partial charge in [-0.25, -0.2) is 0 Å². The van der Waals surface area contributed by atoms with Crippen molar-refractivity contribution in [3.8, 4) is 0 Å². The van der Waals surface area contributed by atoms with Crippen LogP contribution in [0.25, 0.3) is 0 Å². The third kappa shape index (κ3) is 42.2. The van der Waals surface area contributed by atoms with E-state index in [0.717, 1.165) is 70.6 Å². The molecule has 6 heteroatoms. The summed E-state index contributed by atoms with van der Waals surface area (Å²) < 4.78 is 16.5. The minimum absolute atomic E-state index is 0.150. The van der Waals surface area contributed by atoms with E-state index >= 15 is 0 Å². The predicted molar refractivity (Wildman–Crippen MR) is 246 cm³/mol. The fourth-order valence-corrected chi connectivity index (χ4v) is 4.87. The lowest BCUT2D eigenvalue weighted by molar-refractivity contribution is -0.167. The maximum atomic E-state index is 12.7. The molecule has 1 unspecified atom stereocenters. The first-order chi connectivity index (χ1) is 28.5. The Labute approximate surface area is 352 Å². The lowest BCUT2D eigenvalue weighted by atomic mass is 10.1. The summed E-state index contributed by atoms with van der Waals surface area (Å²) in [4.78, 5) is 37.7. The van der Waals surface area contributed by atoms with Crippen LogP contribution in [0.4, 0.5) is 0 Å². The fourth-order valence-electron chi connectivity index (χ4n) is 4.87. The molecule has 1 atom stereocenters. The van der Waals surface area contributed by atoms with E-state index in [-0.39, 0.29) is 38.0 Å². The van der Waals surface area contributed by atoms with Crippen molar-refractivity contribution in [2.24, 2.45) is 0 Å². The van der Waals surface area contributed by atoms with Gasteiger partial charge in [0.25, 0.3) is 0 Å². The molecule has 0 amide bonds. The Bertz CT molecular complexity index is 1420. The smallest absolute Gasteiger partial charge is 0.306 e. The molecule has 0 aromatic rings. The molecule has 58 heavy (non-hydrogen) atoms. The highest BCUT2D eigenvalue weighted by Gasteiger charge is 2.19. The number of carbonyl (C=O) groups is 3. The number of hydrogen-bond acceptors (Lipinski definition) is 6. The standard InChI is InChI=1S/C52H74O6/c1-4-7-10-13-16-19-22-25-28-30-33-36-39-42-45-51(54)57-48-49(58-52(55)46-43-40-37-34-31-27-24-21-18-15-12-9-6-3)47-56-50(53)44-41-38-35-32-29-26-23-20-17-14-11-8-5-2/h7-12,14-21,23-29,31-32,34-35,37,49H,4-6,13,22,30,33,36,38-48H2,1-3H3/b10-7-,11-8-,12-9-,17-14-,18-15-,19-16-,23-20-,24-21-,28-25-,29-26-,31-27-,35-32-,37-34-. The topological polar surface area (TPSA) is 78.9 Å². The number of hydrogen-bond donors (Lipinski definition) is 0. The Morgan fingerprint density at radius 3 is 1.21 bits per heavy atom. The second-order valence-electron chi connectivity index (χ2n) is 13.3. The van der Waals surface area contributed by atoms with Crippen molar-refractivity contribution in [2.45, 2.75) is 136 Å². The minimum Gasteiger partial charge on any atom is -0.462 e. The molecule has 0 saturated heterocycles. The van der Waals surface area contributed by atoms with Gasteiger partial charge in [0, 0.05) is 19.3 Å². The van der Waals surface area contributed by atoms with Gasteiger partial charge in [0.1, 0.15) is 13.2 Å². The van der Waals surface area contributed by atoms with E-state index in [1.165, 1.54) is 0 Å². The fraction of sp³-hybridized carbons (Fsp3) is 0.442. The lowest BCUT2D eigenvalue weighted by Gasteiger charge is -2.18. The molecule has 0 radical (unpaired) electrons. The van der Waals surface area contributed by atoms with Crippen molar-refractivity contribution in [3.63, 3.8) is 0 Å². The van der Waals surface area contributed by atoms with Gasteiger partial charge in [-0.2, -0.15) is 0 Å². The van der Waals surface area contributed by atoms with E-state index < -0.39 is 12.1 Å². The van der Waals surface area contributed by atoms with Gasteiger partial charge in [-0.15, -0.1) is 0 Å². The van der Waals surface area contributed by atoms with Crippen LogP contribution < -0.4 is 0 Å². The zero-order valence-electron chi connectivity index (χ0n) is 36.0. The first kappa shape index (κ1) is 53.0. The van der Waals surface area contributed by atoms with Gasteiger partial charge in [0.15, 0.2) is 6.10 Å². The summed E-state index contributed by atoms with van der Waals surface area (Å²) in [7, 11) is 0. The van der Waals surface area contributed by atoms with E-state index in [2.05, 4.69) is 69.4 Å². The van der Waals surface area contributed by atoms with Crippen LogP contribution in [0.2, 0.25) is 0 Å². The number of allylic oxidation sites excluding steroid dienone is 26. The second-order valence-corrected chi connectivity index (χ2v) is 13.3. The summed E-state index contributed by atoms with van der Waals surface area (Å²) in [5, 5.41) is 0. The summed E-state index contributed by atoms with van der Waals surface area (Å²) in [6, 6.07) is 0. The second kappa shape index (κ2) is 44.7. The molecule has 0 aliphatic rings. The third-order valence-corrected chi connectivity index (χ3v) is 8.01. The molecule has 0 saturated carbocycles. The molecule has 0 aliphatic heterocycles. The monoisotopic (exact) mass is 795 g/mol. The Kier molecular flexibility index (Phi) is 40.9. The van der Waals surface area contributed by atoms with Crippen LogP contribution in [-0.2, 0) is 28.6 Å². The number of unbranched alkanes of at least 4 members (excludes halogenated alkanes) is 6. The van der Waals surface area contributed by atoms with Crippen molar-refractivity contribution in [1.82, 2.24) is 0 Å². The predicted octanol–water partition coefficient (Wildman–Crippen LogP) is 13.9. The molecular formula is C52H74O6. The summed E-state index contributed by atoms with van der Waals surface area (Å²) in [5.41, 5.74) is 0. The van der Waals surface area contributed by atoms with Crippen molar-refractivity contribution in [1.29, 1.82) is 0 Å². The van der Waals surface area contributed by atoms with Crippen molar-refractivity contribution in [2.75, 3.05) is 13.2 Å². The Balaban J connectivity index is 4.70. The lowest BCUT2D eigenvalue weighted by Crippen LogP contribution is -2.30. The van der Waals surface area contributed by atoms with Crippen LogP contribution in [0.3, 0.4) is 0 Å². The highest BCUT2D eigenvalue weighted by atomic mass is 16.6. The molecule has 0 bridgehead atoms. The molecular weight excluding hydrogens is 721 g/mol. The Hall–Kier alpha value is -4.97. The van der Waals surface area contributed by atoms with Crippen LogP contribution in [0.1, 0.15) is 130 Å². The molecule has 318 valence electrons. The van der Waals surface area contributed by atoms with Crippen LogP contribution in [-0.4, -0.2) is 37.2 Å². The zero-order chi connectivity index (χ0) is 42.3. The maximum Gasteiger partial charge on any atom is 0.306 e. The zero-order valence-corrected chi connectivity index (χ0v) is 36.0. The molecule has 6 nitrogen and oxygen atoms in total. The van der Waals surface area contributed by atoms with E-state index in [1.807, 2.05) is 109 Å². The molecule has 0 aromatic carbocycles. The quantitative estimate of drug-likeness (QED) is 0.0209. The maximum absolute atomic E-state index is 12.7. The van der Waals surface area contributed by atoms with Gasteiger partial charge in [0.2, 0.25) is 0 Å². The summed E-state index contributed by atoms with van der Waals surface area (Å²) in [5.74, 6) is -1.15. The number of rotatable bonds is 35. The first-order valence-electron chi connectivity index (χ1n) is 21.6. The number of ether oxygens (including phenoxy) is 3. The van der Waals surface area contributed by atoms with Gasteiger partial charge < -0.3 is 14.2 Å². The van der Waals surface area contributed by atoms with Gasteiger partial charge in [-0.1, -0.05) is 192 Å². The van der Waals surface area contributed by atoms with Gasteiger partial charge >= 0.3 is 17.9 Å². The SMILES string of the molecule is CC\C=C/C=C\C=C/C=C\C=C/CCCC(=O)OCC(COC(=O)CCCCCC/C=C\C/C=C\C/C=C\CC)OC(=O)CCC\C=C/C=C\C=C/C=C\C=C/CC. The molecule has 0 fully saturated rings. The summed E-state index contributed by atoms with van der Waals surface area (Å²) >= 11 is 0. The number of esters is 3.